The van der Waals surface area contributed by atoms with E-state index in [1.165, 1.54) is 13.8 Å². The highest BCUT2D eigenvalue weighted by atomic mass is 32.9. The summed E-state index contributed by atoms with van der Waals surface area (Å²) < 4.78 is 80.3. The number of ether oxygens (including phenoxy) is 8. The van der Waals surface area contributed by atoms with Crippen LogP contribution in [0.3, 0.4) is 0 Å². The molecule has 0 aromatic carbocycles. The molecule has 8 radical (unpaired) electrons. The number of methoxy groups -OCH3 is 4. The maximum Gasteiger partial charge on any atom is 0.153 e. The van der Waals surface area contributed by atoms with Gasteiger partial charge in [-0.05, 0) is 45.7 Å². The zero-order valence-corrected chi connectivity index (χ0v) is 38.6. The van der Waals surface area contributed by atoms with E-state index in [0.717, 1.165) is 6.66 Å². The van der Waals surface area contributed by atoms with Crippen LogP contribution in [0.4, 0.5) is 0 Å². The Morgan fingerprint density at radius 3 is 1.45 bits per heavy atom. The van der Waals surface area contributed by atoms with Crippen LogP contribution in [0.1, 0.15) is 25.7 Å². The quantitative estimate of drug-likeness (QED) is 0.115. The fourth-order valence-corrected chi connectivity index (χ4v) is 9.64. The van der Waals surface area contributed by atoms with Gasteiger partial charge >= 0.3 is 0 Å². The van der Waals surface area contributed by atoms with Crippen molar-refractivity contribution in [2.75, 3.05) is 81.5 Å². The van der Waals surface area contributed by atoms with Crippen molar-refractivity contribution in [3.8, 4) is 0 Å². The Morgan fingerprint density at radius 1 is 0.750 bits per heavy atom. The molecule has 320 valence electrons. The highest BCUT2D eigenvalue weighted by Gasteiger charge is 2.39. The van der Waals surface area contributed by atoms with Gasteiger partial charge in [0.05, 0.1) is 66.5 Å². The van der Waals surface area contributed by atoms with Crippen LogP contribution >= 0.6 is 27.2 Å². The van der Waals surface area contributed by atoms with E-state index in [1.807, 2.05) is 0 Å². The van der Waals surface area contributed by atoms with E-state index in [1.54, 1.807) is 34.7 Å². The average Bonchev–Trinajstić information content (AvgIpc) is 3.73. The largest absolute Gasteiger partial charge is 0.788 e. The van der Waals surface area contributed by atoms with Crippen molar-refractivity contribution in [3.05, 3.63) is 0 Å². The highest BCUT2D eigenvalue weighted by molar-refractivity contribution is 8.53. The summed E-state index contributed by atoms with van der Waals surface area (Å²) in [6.07, 6.45) is 0.912. The molecule has 0 spiro atoms. The Balaban J connectivity index is 0.000000373. The van der Waals surface area contributed by atoms with E-state index in [4.69, 9.17) is 119 Å². The van der Waals surface area contributed by atoms with Crippen LogP contribution < -0.4 is 9.98 Å². The molecule has 0 saturated carbocycles. The maximum atomic E-state index is 11.6. The van der Waals surface area contributed by atoms with E-state index >= 15 is 0 Å². The summed E-state index contributed by atoms with van der Waals surface area (Å²) in [5.41, 5.74) is -2.08. The maximum absolute atomic E-state index is 11.6. The van der Waals surface area contributed by atoms with Crippen LogP contribution in [0.2, 0.25) is 0 Å². The molecule has 4 aliphatic rings. The Kier molecular flexibility index (Phi) is 26.6. The monoisotopic (exact) mass is 922 g/mol. The van der Waals surface area contributed by atoms with Gasteiger partial charge in [0.2, 0.25) is 0 Å². The lowest BCUT2D eigenvalue weighted by Crippen LogP contribution is -2.38. The summed E-state index contributed by atoms with van der Waals surface area (Å²) in [7, 11) is 22.8. The zero-order valence-electron chi connectivity index (χ0n) is 32.6. The molecule has 4 saturated heterocycles. The van der Waals surface area contributed by atoms with Gasteiger partial charge in [0.1, 0.15) is 55.8 Å². The molecule has 56 heavy (non-hydrogen) atoms. The average molecular weight is 922 g/mol. The minimum absolute atomic E-state index is 0.113. The summed E-state index contributed by atoms with van der Waals surface area (Å²) in [6.45, 7) is 5.09. The molecule has 0 aliphatic carbocycles. The Bertz CT molecular complexity index is 1150. The lowest BCUT2D eigenvalue weighted by Gasteiger charge is -2.29. The van der Waals surface area contributed by atoms with Crippen LogP contribution in [0.15, 0.2) is 0 Å². The second kappa shape index (κ2) is 26.6. The summed E-state index contributed by atoms with van der Waals surface area (Å²) in [4.78, 5) is 20.4. The predicted molar refractivity (Wildman–Crippen MR) is 232 cm³/mol. The van der Waals surface area contributed by atoms with Gasteiger partial charge in [-0.3, -0.25) is 5.09 Å². The van der Waals surface area contributed by atoms with Gasteiger partial charge < -0.3 is 85.5 Å². The fourth-order valence-electron chi connectivity index (χ4n) is 5.73. The third-order valence-corrected chi connectivity index (χ3v) is 11.1. The second-order valence-electron chi connectivity index (χ2n) is 13.1. The lowest BCUT2D eigenvalue weighted by molar-refractivity contribution is -0.177. The molecule has 4 rings (SSSR count). The normalized spacial score (nSPS) is 36.9. The van der Waals surface area contributed by atoms with Gasteiger partial charge in [0.25, 0.3) is 0 Å². The molecule has 2 N–H and O–H groups in total. The zero-order chi connectivity index (χ0) is 43.1. The molecule has 16 atom stereocenters. The first-order valence-corrected chi connectivity index (χ1v) is 28.1. The molecule has 0 aromatic heterocycles. The van der Waals surface area contributed by atoms with E-state index in [9.17, 15) is 18.9 Å². The van der Waals surface area contributed by atoms with Gasteiger partial charge in [-0.2, -0.15) is 0 Å². The van der Waals surface area contributed by atoms with Crippen LogP contribution in [-0.2, 0) is 96.9 Å². The van der Waals surface area contributed by atoms with Crippen molar-refractivity contribution in [1.29, 1.82) is 0 Å². The summed E-state index contributed by atoms with van der Waals surface area (Å²) >= 11 is 14.9. The summed E-state index contributed by atoms with van der Waals surface area (Å²) in [6, 6.07) is -1.66. The Labute approximate surface area is 356 Å². The molecule has 0 aromatic rings. The number of hydrogen-bond donors (Lipinski definition) is 2. The van der Waals surface area contributed by atoms with Crippen molar-refractivity contribution < 1.29 is 70.4 Å². The van der Waals surface area contributed by atoms with Gasteiger partial charge in [-0.1, -0.05) is 17.3 Å². The number of nitrogens with one attached hydrogen (secondary N) is 1. The minimum Gasteiger partial charge on any atom is -0.788 e. The molecule has 16 nitrogen and oxygen atoms in total. The van der Waals surface area contributed by atoms with Crippen molar-refractivity contribution in [1.82, 2.24) is 5.09 Å². The van der Waals surface area contributed by atoms with Crippen LogP contribution in [0.5, 0.6) is 0 Å². The topological polar surface area (TPSA) is 191 Å². The third kappa shape index (κ3) is 25.2. The fraction of sp³-hybridized carbons (Fsp3) is 1.00. The first-order chi connectivity index (χ1) is 25.7. The number of rotatable bonds is 16. The van der Waals surface area contributed by atoms with Gasteiger partial charge in [-0.15, -0.1) is 0 Å². The molecule has 28 heteroatoms. The smallest absolute Gasteiger partial charge is 0.153 e. The van der Waals surface area contributed by atoms with Gasteiger partial charge in [-0.25, -0.2) is 9.42 Å². The molecule has 4 fully saturated rings. The van der Waals surface area contributed by atoms with Crippen molar-refractivity contribution in [2.45, 2.75) is 98.5 Å². The first-order valence-electron chi connectivity index (χ1n) is 17.1. The Morgan fingerprint density at radius 2 is 1.09 bits per heavy atom. The molecular formula is C28H57B5NO15P4S3-3. The number of hydrogen-bond acceptors (Lipinski definition) is 18. The van der Waals surface area contributed by atoms with E-state index in [-0.39, 0.29) is 74.3 Å². The summed E-state index contributed by atoms with van der Waals surface area (Å²) in [5.74, 6) is 0. The second-order valence-corrected chi connectivity index (χ2v) is 26.7. The van der Waals surface area contributed by atoms with Gasteiger partial charge in [0, 0.05) is 65.7 Å². The third-order valence-electron chi connectivity index (χ3n) is 7.64. The molecule has 4 heterocycles. The van der Waals surface area contributed by atoms with Crippen LogP contribution in [-0.4, -0.2) is 198 Å². The van der Waals surface area contributed by atoms with Crippen molar-refractivity contribution in [2.24, 2.45) is 0 Å². The molecule has 4 aliphatic heterocycles. The molecule has 0 amide bonds. The SMILES string of the molecule is [B]C1CC(O[P+](C)(O)[S-])C(COC)O1.[B][C@H]1C[C@@H](NP(C)(=O)[O-])[C@@H](COC)O1.[B][C@H]1C[C@@H](OP(C)(=S)[S-])[C@@H](COC)O1.[B][C@H]1C[C@@H](OP([BH3-])(C)=O)[C@@H](COC)O1. The first kappa shape index (κ1) is 56.0. The van der Waals surface area contributed by atoms with E-state index in [2.05, 4.69) is 5.09 Å². The van der Waals surface area contributed by atoms with Crippen molar-refractivity contribution >= 4 is 102 Å². The van der Waals surface area contributed by atoms with Crippen molar-refractivity contribution in [3.63, 3.8) is 0 Å². The highest BCUT2D eigenvalue weighted by Crippen LogP contribution is 2.52. The molecular weight excluding hydrogens is 864 g/mol. The molecule has 0 bridgehead atoms. The standard InChI is InChI=1S/C7H16B2O4P.C7H15BNO4P.C7H14BO4PS.C7H14BO3PS2/c1-11-4-6-5(3-7(8)12-6)13-14(2,9)10;1-12-4-6-5(3-7(8)13-6)9-14(2,10)11;1-10-4-6-5(3-7(8)11-6)12-13(2,9)14;1-9-4-6-5(3-7(8)10-6)11-12(2,13)14/h5-7H,3-4H2,1-2,9H3;5-7H,3-4H2,1-2H3,(H2,9,10,11);5-7H,3-4H2,1-2H3,(H,9,14);5-7H,3-4H2,1-2H3,(H,13,14)/q-1;;;/p-2/t5-,6-,7-,14?;5-,6-,7-;;5-,6-,7-/m11.1/s1. The minimum atomic E-state index is -3.49. The van der Waals surface area contributed by atoms with E-state index < -0.39 is 33.2 Å². The summed E-state index contributed by atoms with van der Waals surface area (Å²) in [5, 5.41) is 2.50. The Hall–Kier alpha value is 2.00. The van der Waals surface area contributed by atoms with E-state index in [0.29, 0.717) is 52.1 Å². The van der Waals surface area contributed by atoms with Gasteiger partial charge in [0.15, 0.2) is 6.92 Å². The predicted octanol–water partition coefficient (Wildman–Crippen LogP) is -0.432. The van der Waals surface area contributed by atoms with Crippen LogP contribution in [0.25, 0.3) is 0 Å². The van der Waals surface area contributed by atoms with Crippen LogP contribution in [0, 0.1) is 0 Å². The lowest BCUT2D eigenvalue weighted by atomic mass is 9.95. The molecule has 7 unspecified atom stereocenters.